The lowest BCUT2D eigenvalue weighted by Gasteiger charge is -2.35. The van der Waals surface area contributed by atoms with Crippen LogP contribution in [0.2, 0.25) is 0 Å². The van der Waals surface area contributed by atoms with E-state index in [4.69, 9.17) is 9.47 Å². The van der Waals surface area contributed by atoms with Gasteiger partial charge in [0.1, 0.15) is 9.36 Å². The molecule has 0 spiro atoms. The zero-order chi connectivity index (χ0) is 11.6. The van der Waals surface area contributed by atoms with Gasteiger partial charge in [0.25, 0.3) is 0 Å². The van der Waals surface area contributed by atoms with Gasteiger partial charge in [0, 0.05) is 6.61 Å². The summed E-state index contributed by atoms with van der Waals surface area (Å²) in [6, 6.07) is 8.20. The highest BCUT2D eigenvalue weighted by atomic mass is 127. The van der Waals surface area contributed by atoms with E-state index in [0.717, 1.165) is 24.7 Å². The highest BCUT2D eigenvalue weighted by molar-refractivity contribution is 14.1. The van der Waals surface area contributed by atoms with Gasteiger partial charge >= 0.3 is 0 Å². The number of halogens is 1. The van der Waals surface area contributed by atoms with Crippen LogP contribution < -0.4 is 4.74 Å². The lowest BCUT2D eigenvalue weighted by atomic mass is 9.93. The van der Waals surface area contributed by atoms with Crippen LogP contribution in [0.3, 0.4) is 0 Å². The van der Waals surface area contributed by atoms with Crippen LogP contribution in [0, 0.1) is 5.92 Å². The van der Waals surface area contributed by atoms with Gasteiger partial charge in [0.15, 0.2) is 0 Å². The van der Waals surface area contributed by atoms with E-state index in [9.17, 15) is 0 Å². The first-order chi connectivity index (χ1) is 7.64. The second-order valence-corrected chi connectivity index (χ2v) is 6.15. The molecule has 2 rings (SSSR count). The summed E-state index contributed by atoms with van der Waals surface area (Å²) < 4.78 is 11.0. The van der Waals surface area contributed by atoms with Crippen molar-refractivity contribution in [3.63, 3.8) is 0 Å². The molecule has 16 heavy (non-hydrogen) atoms. The van der Waals surface area contributed by atoms with Crippen molar-refractivity contribution in [2.24, 2.45) is 5.92 Å². The number of methoxy groups -OCH3 is 1. The van der Waals surface area contributed by atoms with Crippen LogP contribution in [0.4, 0.5) is 0 Å². The predicted molar refractivity (Wildman–Crippen MR) is 73.0 cm³/mol. The van der Waals surface area contributed by atoms with Crippen molar-refractivity contribution in [1.29, 1.82) is 0 Å². The van der Waals surface area contributed by atoms with E-state index >= 15 is 0 Å². The summed E-state index contributed by atoms with van der Waals surface area (Å²) in [7, 11) is 1.69. The Morgan fingerprint density at radius 2 is 2.06 bits per heavy atom. The Labute approximate surface area is 110 Å². The molecule has 1 aromatic rings. The van der Waals surface area contributed by atoms with Gasteiger partial charge < -0.3 is 9.47 Å². The third kappa shape index (κ3) is 2.51. The normalized spacial score (nSPS) is 30.1. The van der Waals surface area contributed by atoms with Gasteiger partial charge in [-0.05, 0) is 59.0 Å². The van der Waals surface area contributed by atoms with E-state index in [0.29, 0.717) is 0 Å². The topological polar surface area (TPSA) is 18.5 Å². The van der Waals surface area contributed by atoms with Crippen molar-refractivity contribution in [3.8, 4) is 5.75 Å². The first kappa shape index (κ1) is 12.2. The van der Waals surface area contributed by atoms with Gasteiger partial charge in [-0.1, -0.05) is 19.1 Å². The summed E-state index contributed by atoms with van der Waals surface area (Å²) in [5, 5.41) is 0. The number of benzene rings is 1. The first-order valence-electron chi connectivity index (χ1n) is 5.61. The van der Waals surface area contributed by atoms with Crippen molar-refractivity contribution >= 4 is 22.6 Å². The second kappa shape index (κ2) is 4.92. The maximum Gasteiger partial charge on any atom is 0.144 e. The van der Waals surface area contributed by atoms with Crippen LogP contribution in [-0.4, -0.2) is 13.7 Å². The Hall–Kier alpha value is -0.290. The molecule has 1 fully saturated rings. The Balaban J connectivity index is 2.20. The van der Waals surface area contributed by atoms with E-state index < -0.39 is 0 Å². The molecule has 0 bridgehead atoms. The number of ether oxygens (including phenoxy) is 2. The van der Waals surface area contributed by atoms with Gasteiger partial charge in [0.05, 0.1) is 7.11 Å². The van der Waals surface area contributed by atoms with Crippen molar-refractivity contribution in [2.45, 2.75) is 23.4 Å². The van der Waals surface area contributed by atoms with E-state index in [1.165, 1.54) is 12.0 Å². The quantitative estimate of drug-likeness (QED) is 0.607. The Kier molecular flexibility index (Phi) is 3.74. The number of alkyl halides is 1. The number of hydrogen-bond donors (Lipinski definition) is 0. The molecule has 0 N–H and O–H groups in total. The van der Waals surface area contributed by atoms with Crippen LogP contribution in [0.1, 0.15) is 25.3 Å². The van der Waals surface area contributed by atoms with Gasteiger partial charge in [0.2, 0.25) is 0 Å². The highest BCUT2D eigenvalue weighted by Crippen LogP contribution is 2.43. The Bertz CT molecular complexity index is 349. The average molecular weight is 332 g/mol. The molecule has 1 aromatic carbocycles. The summed E-state index contributed by atoms with van der Waals surface area (Å²) in [6.07, 6.45) is 2.25. The van der Waals surface area contributed by atoms with Crippen molar-refractivity contribution in [3.05, 3.63) is 29.8 Å². The van der Waals surface area contributed by atoms with Gasteiger partial charge in [-0.2, -0.15) is 0 Å². The number of hydrogen-bond acceptors (Lipinski definition) is 2. The molecule has 0 amide bonds. The molecule has 1 aliphatic heterocycles. The summed E-state index contributed by atoms with van der Waals surface area (Å²) in [5.41, 5.74) is 1.24. The molecule has 1 heterocycles. The molecule has 1 aliphatic rings. The fourth-order valence-electron chi connectivity index (χ4n) is 2.07. The molecule has 0 radical (unpaired) electrons. The molecule has 0 aromatic heterocycles. The van der Waals surface area contributed by atoms with Crippen molar-refractivity contribution in [2.75, 3.05) is 13.7 Å². The summed E-state index contributed by atoms with van der Waals surface area (Å²) in [5.74, 6) is 1.63. The average Bonchev–Trinajstić information content (AvgIpc) is 2.29. The molecule has 1 saturated heterocycles. The smallest absolute Gasteiger partial charge is 0.144 e. The lowest BCUT2D eigenvalue weighted by Crippen LogP contribution is -2.30. The second-order valence-electron chi connectivity index (χ2n) is 4.40. The molecule has 0 aliphatic carbocycles. The van der Waals surface area contributed by atoms with E-state index in [-0.39, 0.29) is 3.61 Å². The van der Waals surface area contributed by atoms with E-state index in [1.807, 2.05) is 12.1 Å². The highest BCUT2D eigenvalue weighted by Gasteiger charge is 2.34. The fraction of sp³-hybridized carbons (Fsp3) is 0.538. The largest absolute Gasteiger partial charge is 0.497 e. The van der Waals surface area contributed by atoms with Crippen LogP contribution >= 0.6 is 22.6 Å². The maximum atomic E-state index is 5.94. The monoisotopic (exact) mass is 332 g/mol. The SMILES string of the molecule is COc1ccc(C2(I)CC(C)CCO2)cc1. The zero-order valence-corrected chi connectivity index (χ0v) is 11.9. The maximum absolute atomic E-state index is 5.94. The Morgan fingerprint density at radius 1 is 1.38 bits per heavy atom. The minimum Gasteiger partial charge on any atom is -0.497 e. The summed E-state index contributed by atoms with van der Waals surface area (Å²) in [6.45, 7) is 3.15. The first-order valence-corrected chi connectivity index (χ1v) is 6.69. The molecular weight excluding hydrogens is 315 g/mol. The van der Waals surface area contributed by atoms with Crippen LogP contribution in [-0.2, 0) is 8.34 Å². The molecule has 2 atom stereocenters. The zero-order valence-electron chi connectivity index (χ0n) is 9.70. The van der Waals surface area contributed by atoms with E-state index in [1.54, 1.807) is 7.11 Å². The van der Waals surface area contributed by atoms with E-state index in [2.05, 4.69) is 41.6 Å². The molecule has 88 valence electrons. The van der Waals surface area contributed by atoms with Gasteiger partial charge in [-0.3, -0.25) is 0 Å². The minimum atomic E-state index is -0.151. The summed E-state index contributed by atoms with van der Waals surface area (Å²) in [4.78, 5) is 0. The van der Waals surface area contributed by atoms with Crippen LogP contribution in [0.5, 0.6) is 5.75 Å². The van der Waals surface area contributed by atoms with Crippen LogP contribution in [0.25, 0.3) is 0 Å². The van der Waals surface area contributed by atoms with Crippen molar-refractivity contribution < 1.29 is 9.47 Å². The third-order valence-corrected chi connectivity index (χ3v) is 4.45. The molecule has 2 nitrogen and oxygen atoms in total. The Morgan fingerprint density at radius 3 is 2.62 bits per heavy atom. The minimum absolute atomic E-state index is 0.151. The predicted octanol–water partition coefficient (Wildman–Crippen LogP) is 3.73. The fourth-order valence-corrected chi connectivity index (χ4v) is 3.40. The third-order valence-electron chi connectivity index (χ3n) is 3.07. The van der Waals surface area contributed by atoms with Crippen molar-refractivity contribution in [1.82, 2.24) is 0 Å². The lowest BCUT2D eigenvalue weighted by molar-refractivity contribution is -0.0207. The van der Waals surface area contributed by atoms with Gasteiger partial charge in [-0.15, -0.1) is 0 Å². The standard InChI is InChI=1S/C13H17IO2/c1-10-7-8-16-13(14,9-10)11-3-5-12(15-2)6-4-11/h3-6,10H,7-9H2,1-2H3. The van der Waals surface area contributed by atoms with Crippen LogP contribution in [0.15, 0.2) is 24.3 Å². The molecule has 0 saturated carbocycles. The van der Waals surface area contributed by atoms with Gasteiger partial charge in [-0.25, -0.2) is 0 Å². The molecular formula is C13H17IO2. The summed E-state index contributed by atoms with van der Waals surface area (Å²) >= 11 is 2.43. The number of rotatable bonds is 2. The molecule has 2 unspecified atom stereocenters. The molecule has 3 heteroatoms.